The third-order valence-electron chi connectivity index (χ3n) is 3.49. The lowest BCUT2D eigenvalue weighted by Gasteiger charge is -2.24. The lowest BCUT2D eigenvalue weighted by atomic mass is 10.2. The molecule has 0 fully saturated rings. The van der Waals surface area contributed by atoms with Gasteiger partial charge in [0.15, 0.2) is 0 Å². The Labute approximate surface area is 134 Å². The van der Waals surface area contributed by atoms with E-state index in [0.717, 1.165) is 5.56 Å². The first-order valence-corrected chi connectivity index (χ1v) is 7.35. The van der Waals surface area contributed by atoms with Gasteiger partial charge in [0, 0.05) is 6.54 Å². The number of benzene rings is 2. The van der Waals surface area contributed by atoms with Crippen molar-refractivity contribution in [2.45, 2.75) is 19.5 Å². The van der Waals surface area contributed by atoms with Gasteiger partial charge in [-0.2, -0.15) is 0 Å². The van der Waals surface area contributed by atoms with E-state index in [-0.39, 0.29) is 17.8 Å². The first-order valence-electron chi connectivity index (χ1n) is 6.97. The van der Waals surface area contributed by atoms with Gasteiger partial charge in [-0.1, -0.05) is 35.9 Å². The zero-order valence-corrected chi connectivity index (χ0v) is 13.3. The van der Waals surface area contributed by atoms with Crippen LogP contribution in [-0.4, -0.2) is 23.9 Å². The van der Waals surface area contributed by atoms with E-state index in [1.54, 1.807) is 31.2 Å². The number of hydrogen-bond acceptors (Lipinski definition) is 2. The highest BCUT2D eigenvalue weighted by atomic mass is 35.5. The fourth-order valence-electron chi connectivity index (χ4n) is 2.06. The molecule has 0 aliphatic rings. The van der Waals surface area contributed by atoms with Crippen molar-refractivity contribution in [2.75, 3.05) is 12.4 Å². The van der Waals surface area contributed by atoms with Crippen molar-refractivity contribution >= 4 is 23.2 Å². The van der Waals surface area contributed by atoms with Crippen molar-refractivity contribution in [3.05, 3.63) is 64.9 Å². The Balaban J connectivity index is 1.99. The van der Waals surface area contributed by atoms with Gasteiger partial charge in [-0.3, -0.25) is 9.69 Å². The molecule has 0 heterocycles. The number of rotatable bonds is 5. The van der Waals surface area contributed by atoms with Gasteiger partial charge in [0.05, 0.1) is 16.8 Å². The number of nitrogens with one attached hydrogen (secondary N) is 1. The van der Waals surface area contributed by atoms with Crippen molar-refractivity contribution in [3.63, 3.8) is 0 Å². The molecule has 0 radical (unpaired) electrons. The highest BCUT2D eigenvalue weighted by Gasteiger charge is 2.19. The number of nitrogens with zero attached hydrogens (tertiary/aromatic N) is 1. The summed E-state index contributed by atoms with van der Waals surface area (Å²) in [6.45, 7) is 2.28. The minimum atomic E-state index is -0.375. The van der Waals surface area contributed by atoms with Crippen LogP contribution in [0.5, 0.6) is 0 Å². The Hall–Kier alpha value is -1.91. The fraction of sp³-hybridized carbons (Fsp3) is 0.235. The third kappa shape index (κ3) is 4.29. The normalized spacial score (nSPS) is 12.2. The average Bonchev–Trinajstić information content (AvgIpc) is 2.48. The average molecular weight is 321 g/mol. The molecule has 1 unspecified atom stereocenters. The molecule has 0 saturated heterocycles. The Morgan fingerprint density at radius 2 is 2.00 bits per heavy atom. The SMILES string of the molecule is CC(C(=O)Nc1ccccc1Cl)N(C)Cc1cccc(F)c1. The van der Waals surface area contributed by atoms with Gasteiger partial charge in [-0.05, 0) is 43.8 Å². The van der Waals surface area contributed by atoms with Gasteiger partial charge in [-0.15, -0.1) is 0 Å². The summed E-state index contributed by atoms with van der Waals surface area (Å²) in [5, 5.41) is 3.30. The molecular formula is C17H18ClFN2O. The summed E-state index contributed by atoms with van der Waals surface area (Å²) < 4.78 is 13.2. The lowest BCUT2D eigenvalue weighted by Crippen LogP contribution is -2.39. The van der Waals surface area contributed by atoms with E-state index < -0.39 is 0 Å². The molecular weight excluding hydrogens is 303 g/mol. The number of hydrogen-bond donors (Lipinski definition) is 1. The Morgan fingerprint density at radius 3 is 2.68 bits per heavy atom. The van der Waals surface area contributed by atoms with Crippen molar-refractivity contribution in [1.82, 2.24) is 4.90 Å². The molecule has 1 amide bonds. The molecule has 0 aliphatic heterocycles. The van der Waals surface area contributed by atoms with Crippen molar-refractivity contribution in [1.29, 1.82) is 0 Å². The van der Waals surface area contributed by atoms with E-state index in [2.05, 4.69) is 5.32 Å². The van der Waals surface area contributed by atoms with Crippen LogP contribution in [0, 0.1) is 5.82 Å². The summed E-state index contributed by atoms with van der Waals surface area (Å²) in [7, 11) is 1.82. The predicted octanol–water partition coefficient (Wildman–Crippen LogP) is 3.94. The van der Waals surface area contributed by atoms with Crippen LogP contribution < -0.4 is 5.32 Å². The first kappa shape index (κ1) is 16.5. The minimum Gasteiger partial charge on any atom is -0.323 e. The monoisotopic (exact) mass is 320 g/mol. The van der Waals surface area contributed by atoms with E-state index >= 15 is 0 Å². The zero-order chi connectivity index (χ0) is 16.1. The van der Waals surface area contributed by atoms with Gasteiger partial charge >= 0.3 is 0 Å². The van der Waals surface area contributed by atoms with E-state index in [1.165, 1.54) is 12.1 Å². The number of amides is 1. The Kier molecular flexibility index (Phi) is 5.52. The third-order valence-corrected chi connectivity index (χ3v) is 3.82. The molecule has 1 N–H and O–H groups in total. The van der Waals surface area contributed by atoms with Crippen LogP contribution >= 0.6 is 11.6 Å². The summed E-state index contributed by atoms with van der Waals surface area (Å²) in [5.74, 6) is -0.439. The van der Waals surface area contributed by atoms with E-state index in [0.29, 0.717) is 17.3 Å². The number of likely N-dealkylation sites (N-methyl/N-ethyl adjacent to an activating group) is 1. The van der Waals surface area contributed by atoms with Crippen LogP contribution in [0.2, 0.25) is 5.02 Å². The molecule has 0 aromatic heterocycles. The van der Waals surface area contributed by atoms with Crippen LogP contribution in [0.25, 0.3) is 0 Å². The molecule has 0 aliphatic carbocycles. The van der Waals surface area contributed by atoms with Crippen LogP contribution in [0.4, 0.5) is 10.1 Å². The fourth-order valence-corrected chi connectivity index (χ4v) is 2.24. The van der Waals surface area contributed by atoms with Gasteiger partial charge in [-0.25, -0.2) is 4.39 Å². The van der Waals surface area contributed by atoms with Gasteiger partial charge in [0.2, 0.25) is 5.91 Å². The summed E-state index contributed by atoms with van der Waals surface area (Å²) in [4.78, 5) is 14.1. The van der Waals surface area contributed by atoms with E-state index in [9.17, 15) is 9.18 Å². The molecule has 0 spiro atoms. The van der Waals surface area contributed by atoms with Crippen molar-refractivity contribution in [3.8, 4) is 0 Å². The molecule has 22 heavy (non-hydrogen) atoms. The summed E-state index contributed by atoms with van der Waals surface area (Å²) in [6, 6.07) is 13.1. The molecule has 0 bridgehead atoms. The first-order chi connectivity index (χ1) is 10.5. The zero-order valence-electron chi connectivity index (χ0n) is 12.5. The van der Waals surface area contributed by atoms with Gasteiger partial charge in [0.1, 0.15) is 5.82 Å². The molecule has 2 rings (SSSR count). The van der Waals surface area contributed by atoms with Gasteiger partial charge < -0.3 is 5.32 Å². The maximum atomic E-state index is 13.2. The Bertz CT molecular complexity index is 663. The molecule has 0 saturated carbocycles. The molecule has 3 nitrogen and oxygen atoms in total. The topological polar surface area (TPSA) is 32.3 Å². The van der Waals surface area contributed by atoms with Crippen LogP contribution in [0.3, 0.4) is 0 Å². The highest BCUT2D eigenvalue weighted by molar-refractivity contribution is 6.33. The van der Waals surface area contributed by atoms with Crippen molar-refractivity contribution < 1.29 is 9.18 Å². The second kappa shape index (κ2) is 7.38. The molecule has 5 heteroatoms. The summed E-state index contributed by atoms with van der Waals surface area (Å²) in [5.41, 5.74) is 1.40. The molecule has 2 aromatic carbocycles. The van der Waals surface area contributed by atoms with Crippen LogP contribution in [0.15, 0.2) is 48.5 Å². The largest absolute Gasteiger partial charge is 0.323 e. The Morgan fingerprint density at radius 1 is 1.27 bits per heavy atom. The number of anilines is 1. The molecule has 1 atom stereocenters. The smallest absolute Gasteiger partial charge is 0.241 e. The predicted molar refractivity (Wildman–Crippen MR) is 87.4 cm³/mol. The van der Waals surface area contributed by atoms with Crippen molar-refractivity contribution in [2.24, 2.45) is 0 Å². The number of halogens is 2. The maximum absolute atomic E-state index is 13.2. The lowest BCUT2D eigenvalue weighted by molar-refractivity contribution is -0.120. The second-order valence-electron chi connectivity index (χ2n) is 5.19. The van der Waals surface area contributed by atoms with Gasteiger partial charge in [0.25, 0.3) is 0 Å². The van der Waals surface area contributed by atoms with E-state index in [1.807, 2.05) is 24.1 Å². The van der Waals surface area contributed by atoms with E-state index in [4.69, 9.17) is 11.6 Å². The second-order valence-corrected chi connectivity index (χ2v) is 5.60. The number of carbonyl (C=O) groups excluding carboxylic acids is 1. The standard InChI is InChI=1S/C17H18ClFN2O/c1-12(17(22)20-16-9-4-3-8-15(16)18)21(2)11-13-6-5-7-14(19)10-13/h3-10,12H,11H2,1-2H3,(H,20,22). The maximum Gasteiger partial charge on any atom is 0.241 e. The minimum absolute atomic E-state index is 0.160. The summed E-state index contributed by atoms with van der Waals surface area (Å²) >= 11 is 6.03. The van der Waals surface area contributed by atoms with Crippen LogP contribution in [-0.2, 0) is 11.3 Å². The van der Waals surface area contributed by atoms with Crippen LogP contribution in [0.1, 0.15) is 12.5 Å². The molecule has 2 aromatic rings. The quantitative estimate of drug-likeness (QED) is 0.905. The molecule has 116 valence electrons. The highest BCUT2D eigenvalue weighted by Crippen LogP contribution is 2.21. The number of para-hydroxylation sites is 1. The summed E-state index contributed by atoms with van der Waals surface area (Å²) in [6.07, 6.45) is 0. The number of carbonyl (C=O) groups is 1.